The van der Waals surface area contributed by atoms with E-state index in [1.165, 1.54) is 14.2 Å². The van der Waals surface area contributed by atoms with Crippen molar-refractivity contribution in [3.63, 3.8) is 0 Å². The van der Waals surface area contributed by atoms with Crippen LogP contribution in [0.1, 0.15) is 33.3 Å². The number of benzene rings is 3. The van der Waals surface area contributed by atoms with Crippen LogP contribution in [0.15, 0.2) is 109 Å². The number of aliphatic hydroxyl groups is 1. The molecule has 0 spiro atoms. The number of esters is 1. The lowest BCUT2D eigenvalue weighted by atomic mass is 9.96. The highest BCUT2D eigenvalue weighted by molar-refractivity contribution is 5.96. The summed E-state index contributed by atoms with van der Waals surface area (Å²) < 4.78 is 24.4. The van der Waals surface area contributed by atoms with Gasteiger partial charge in [0.2, 0.25) is 0 Å². The molecule has 304 valence electrons. The van der Waals surface area contributed by atoms with Gasteiger partial charge in [0.25, 0.3) is 12.9 Å². The van der Waals surface area contributed by atoms with E-state index in [-0.39, 0.29) is 5.78 Å². The zero-order valence-electron chi connectivity index (χ0n) is 33.7. The van der Waals surface area contributed by atoms with Crippen LogP contribution in [0.5, 0.6) is 17.2 Å². The summed E-state index contributed by atoms with van der Waals surface area (Å²) in [7, 11) is 6.82. The number of ether oxygens (including phenoxy) is 5. The number of rotatable bonds is 13. The molecule has 3 aromatic carbocycles. The molecule has 0 aromatic heterocycles. The summed E-state index contributed by atoms with van der Waals surface area (Å²) in [5, 5.41) is 7.00. The molecule has 0 bridgehead atoms. The van der Waals surface area contributed by atoms with Gasteiger partial charge in [-0.25, -0.2) is 4.79 Å². The molecule has 0 radical (unpaired) electrons. The van der Waals surface area contributed by atoms with Crippen LogP contribution in [0.4, 0.5) is 0 Å². The zero-order chi connectivity index (χ0) is 44.2. The number of methoxy groups -OCH3 is 4. The Morgan fingerprint density at radius 1 is 0.607 bits per heavy atom. The summed E-state index contributed by atoms with van der Waals surface area (Å²) in [5.74, 6) is 1.21. The van der Waals surface area contributed by atoms with E-state index < -0.39 is 5.97 Å². The highest BCUT2D eigenvalue weighted by atomic mass is 16.5. The molecule has 0 aliphatic heterocycles. The Morgan fingerprint density at radius 3 is 1.27 bits per heavy atom. The quantitative estimate of drug-likeness (QED) is 0.0834. The van der Waals surface area contributed by atoms with Gasteiger partial charge in [0.1, 0.15) is 36.6 Å². The van der Waals surface area contributed by atoms with Gasteiger partial charge in [-0.3, -0.25) is 24.0 Å². The van der Waals surface area contributed by atoms with Crippen LogP contribution in [-0.2, 0) is 49.5 Å². The summed E-state index contributed by atoms with van der Waals surface area (Å²) in [6, 6.07) is 18.7. The Morgan fingerprint density at radius 2 is 0.964 bits per heavy atom. The molecule has 0 unspecified atom stereocenters. The molecule has 13 heteroatoms. The Hall–Kier alpha value is -6.73. The van der Waals surface area contributed by atoms with Crippen molar-refractivity contribution < 1.29 is 62.4 Å². The molecule has 56 heavy (non-hydrogen) atoms. The van der Waals surface area contributed by atoms with E-state index in [0.29, 0.717) is 58.7 Å². The molecule has 0 atom stereocenters. The molecule has 13 nitrogen and oxygen atoms in total. The van der Waals surface area contributed by atoms with Crippen molar-refractivity contribution in [2.24, 2.45) is 0 Å². The summed E-state index contributed by atoms with van der Waals surface area (Å²) in [6.45, 7) is 23.4. The van der Waals surface area contributed by atoms with Gasteiger partial charge in [0.15, 0.2) is 5.78 Å². The van der Waals surface area contributed by atoms with Crippen LogP contribution >= 0.6 is 0 Å². The number of hydrogen-bond donors (Lipinski definition) is 1. The van der Waals surface area contributed by atoms with Gasteiger partial charge in [-0.1, -0.05) is 62.7 Å². The number of Topliss-reactive ketones (excluding diaryl/α,β-unsaturated/α-hetero) is 1. The molecule has 0 amide bonds. The molecule has 0 aliphatic carbocycles. The molecule has 0 fully saturated rings. The lowest BCUT2D eigenvalue weighted by molar-refractivity contribution is -0.130. The highest BCUT2D eigenvalue weighted by Gasteiger charge is 2.18. The second-order valence-corrected chi connectivity index (χ2v) is 10.6. The van der Waals surface area contributed by atoms with E-state index in [2.05, 4.69) is 35.8 Å². The number of carbonyl (C=O) groups excluding carboxylic acids is 7. The highest BCUT2D eigenvalue weighted by Crippen LogP contribution is 2.41. The Bertz CT molecular complexity index is 1660. The van der Waals surface area contributed by atoms with Crippen molar-refractivity contribution in [2.75, 3.05) is 35.5 Å². The number of ketones is 1. The predicted molar refractivity (Wildman–Crippen MR) is 218 cm³/mol. The maximum Gasteiger partial charge on any atom is 0.338 e. The van der Waals surface area contributed by atoms with Crippen molar-refractivity contribution in [2.45, 2.75) is 34.1 Å². The maximum atomic E-state index is 12.4. The number of hydrogen-bond acceptors (Lipinski definition) is 13. The molecule has 0 heterocycles. The Labute approximate surface area is 329 Å². The van der Waals surface area contributed by atoms with E-state index in [1.54, 1.807) is 48.0 Å². The molecule has 0 aliphatic rings. The standard InChI is InChI=1S/C29H28O5.2C4H6O.2C2H4O2.CH4O.CH2O/c1-18(2)26(30)15-20-7-9-21(10-8-20)24-17-28(34-29(31)19(3)4)25(16-27(24)33-6)22-11-13-23(32-5)14-12-22;2*1-4(2)3-5;2*1-4-2-3;2*1-2/h7-14,16-17H,1,3,15H2,2,4-6H3;2*3H,1H2,2H3;2*2H,1H3;2H,1H3;1H2. The van der Waals surface area contributed by atoms with Crippen molar-refractivity contribution >= 4 is 44.1 Å². The van der Waals surface area contributed by atoms with Crippen LogP contribution in [0.3, 0.4) is 0 Å². The molecular weight excluding hydrogens is 724 g/mol. The summed E-state index contributed by atoms with van der Waals surface area (Å²) in [5.41, 5.74) is 6.01. The largest absolute Gasteiger partial charge is 0.497 e. The zero-order valence-corrected chi connectivity index (χ0v) is 33.7. The van der Waals surface area contributed by atoms with E-state index in [1.807, 2.05) is 61.4 Å². The summed E-state index contributed by atoms with van der Waals surface area (Å²) >= 11 is 0. The molecule has 1 N–H and O–H groups in total. The Kier molecular flexibility index (Phi) is 35.3. The average molecular weight is 779 g/mol. The van der Waals surface area contributed by atoms with Crippen molar-refractivity contribution in [1.29, 1.82) is 0 Å². The number of aliphatic hydroxyl groups excluding tert-OH is 1. The van der Waals surface area contributed by atoms with Gasteiger partial charge >= 0.3 is 5.97 Å². The molecule has 3 rings (SSSR count). The van der Waals surface area contributed by atoms with Crippen LogP contribution in [0.25, 0.3) is 22.3 Å². The minimum atomic E-state index is -0.514. The van der Waals surface area contributed by atoms with Gasteiger partial charge in [-0.15, -0.1) is 0 Å². The fourth-order valence-corrected chi connectivity index (χ4v) is 3.36. The lowest BCUT2D eigenvalue weighted by Gasteiger charge is -2.17. The first-order valence-corrected chi connectivity index (χ1v) is 16.0. The first-order chi connectivity index (χ1) is 26.6. The molecule has 0 saturated carbocycles. The van der Waals surface area contributed by atoms with Crippen molar-refractivity contribution in [3.05, 3.63) is 115 Å². The van der Waals surface area contributed by atoms with Gasteiger partial charge in [0, 0.05) is 30.2 Å². The fourth-order valence-electron chi connectivity index (χ4n) is 3.36. The topological polar surface area (TPSA) is 186 Å². The first-order valence-electron chi connectivity index (χ1n) is 16.0. The minimum Gasteiger partial charge on any atom is -0.497 e. The van der Waals surface area contributed by atoms with Gasteiger partial charge in [-0.2, -0.15) is 0 Å². The lowest BCUT2D eigenvalue weighted by Crippen LogP contribution is -2.09. The molecule has 3 aromatic rings. The third-order valence-electron chi connectivity index (χ3n) is 5.95. The van der Waals surface area contributed by atoms with E-state index in [4.69, 9.17) is 33.7 Å². The maximum absolute atomic E-state index is 12.4. The second kappa shape index (κ2) is 35.3. The number of carbonyl (C=O) groups is 7. The normalized spacial score (nSPS) is 8.39. The fraction of sp³-hybridized carbons (Fsp3) is 0.233. The third-order valence-corrected chi connectivity index (χ3v) is 5.95. The van der Waals surface area contributed by atoms with E-state index in [0.717, 1.165) is 47.7 Å². The van der Waals surface area contributed by atoms with Gasteiger partial charge in [-0.05, 0) is 85.4 Å². The Balaban J connectivity index is -0.000000506. The SMILES string of the molecule is C=C(C)C(=O)Cc1ccc(-c2cc(OC(=O)C(=C)C)c(-c3ccc(OC)cc3)cc2OC)cc1.C=C(C)C=O.C=C(C)C=O.C=O.CO.COC=O.COC=O. The summed E-state index contributed by atoms with van der Waals surface area (Å²) in [6.07, 6.45) is 1.74. The monoisotopic (exact) mass is 778 g/mol. The van der Waals surface area contributed by atoms with Gasteiger partial charge in [0.05, 0.1) is 28.4 Å². The summed E-state index contributed by atoms with van der Waals surface area (Å²) in [4.78, 5) is 69.1. The van der Waals surface area contributed by atoms with Gasteiger partial charge < -0.3 is 33.6 Å². The van der Waals surface area contributed by atoms with Crippen LogP contribution in [0, 0.1) is 0 Å². The minimum absolute atomic E-state index is 0.00293. The molecule has 0 saturated heterocycles. The second-order valence-electron chi connectivity index (χ2n) is 10.6. The van der Waals surface area contributed by atoms with Crippen molar-refractivity contribution in [3.8, 4) is 39.5 Å². The average Bonchev–Trinajstić information content (AvgIpc) is 3.22. The molecular formula is C43H54O13. The third kappa shape index (κ3) is 25.3. The number of allylic oxidation sites excluding steroid dienone is 3. The number of aldehydes is 2. The van der Waals surface area contributed by atoms with Crippen molar-refractivity contribution in [1.82, 2.24) is 0 Å². The van der Waals surface area contributed by atoms with Crippen LogP contribution in [-0.4, -0.2) is 84.7 Å². The first kappa shape index (κ1) is 56.0. The van der Waals surface area contributed by atoms with E-state index in [9.17, 15) is 19.2 Å². The van der Waals surface area contributed by atoms with Crippen LogP contribution < -0.4 is 14.2 Å². The van der Waals surface area contributed by atoms with E-state index >= 15 is 0 Å². The van der Waals surface area contributed by atoms with Crippen LogP contribution in [0.2, 0.25) is 0 Å². The predicted octanol–water partition coefficient (Wildman–Crippen LogP) is 6.73. The smallest absolute Gasteiger partial charge is 0.338 e.